The van der Waals surface area contributed by atoms with E-state index in [1.165, 1.54) is 4.68 Å². The van der Waals surface area contributed by atoms with Crippen molar-refractivity contribution < 1.29 is 0 Å². The zero-order valence-corrected chi connectivity index (χ0v) is 6.02. The third-order valence-electron chi connectivity index (χ3n) is 1.10. The molecule has 0 aliphatic carbocycles. The van der Waals surface area contributed by atoms with Gasteiger partial charge in [-0.2, -0.15) is 10.4 Å². The van der Waals surface area contributed by atoms with Crippen LogP contribution in [0.2, 0.25) is 0 Å². The van der Waals surface area contributed by atoms with E-state index < -0.39 is 0 Å². The largest absolute Gasteiger partial charge is 0.261 e. The Hall–Kier alpha value is -1.83. The summed E-state index contributed by atoms with van der Waals surface area (Å²) in [4.78, 5) is 3.80. The molecule has 56 valence electrons. The second kappa shape index (κ2) is 3.37. The van der Waals surface area contributed by atoms with Crippen molar-refractivity contribution in [3.63, 3.8) is 0 Å². The maximum absolute atomic E-state index is 8.28. The van der Waals surface area contributed by atoms with Crippen LogP contribution < -0.4 is 5.32 Å². The van der Waals surface area contributed by atoms with Gasteiger partial charge >= 0.3 is 0 Å². The van der Waals surface area contributed by atoms with Gasteiger partial charge in [-0.3, -0.25) is 10.3 Å². The number of nitriles is 1. The summed E-state index contributed by atoms with van der Waals surface area (Å²) < 4.78 is 1.48. The van der Waals surface area contributed by atoms with Gasteiger partial charge < -0.3 is 0 Å². The Morgan fingerprint density at radius 1 is 1.82 bits per heavy atom. The summed E-state index contributed by atoms with van der Waals surface area (Å²) in [7, 11) is 1.58. The van der Waals surface area contributed by atoms with Crippen LogP contribution in [-0.4, -0.2) is 22.8 Å². The van der Waals surface area contributed by atoms with E-state index >= 15 is 0 Å². The first-order chi connectivity index (χ1) is 5.38. The molecule has 0 aliphatic heterocycles. The van der Waals surface area contributed by atoms with Gasteiger partial charge in [0.25, 0.3) is 0 Å². The standard InChI is InChI=1S/C6H7N5/c1-8-6(9-5-7)11-4-2-3-10-11/h2-4H,1H3,(H,8,9). The minimum Gasteiger partial charge on any atom is -0.261 e. The molecule has 0 radical (unpaired) electrons. The van der Waals surface area contributed by atoms with Crippen LogP contribution in [0.1, 0.15) is 0 Å². The van der Waals surface area contributed by atoms with Gasteiger partial charge in [-0.15, -0.1) is 0 Å². The number of hydrogen-bond donors (Lipinski definition) is 1. The van der Waals surface area contributed by atoms with Crippen LogP contribution >= 0.6 is 0 Å². The van der Waals surface area contributed by atoms with E-state index in [1.807, 2.05) is 0 Å². The molecule has 0 spiro atoms. The molecular weight excluding hydrogens is 142 g/mol. The average Bonchev–Trinajstić information content (AvgIpc) is 2.52. The highest BCUT2D eigenvalue weighted by molar-refractivity contribution is 5.82. The van der Waals surface area contributed by atoms with Crippen molar-refractivity contribution in [2.45, 2.75) is 0 Å². The van der Waals surface area contributed by atoms with E-state index in [9.17, 15) is 0 Å². The van der Waals surface area contributed by atoms with Crippen molar-refractivity contribution in [3.8, 4) is 6.19 Å². The van der Waals surface area contributed by atoms with Crippen LogP contribution in [-0.2, 0) is 0 Å². The molecule has 0 bridgehead atoms. The molecule has 0 fully saturated rings. The van der Waals surface area contributed by atoms with Gasteiger partial charge in [0.05, 0.1) is 0 Å². The van der Waals surface area contributed by atoms with Gasteiger partial charge in [0, 0.05) is 19.4 Å². The predicted molar refractivity (Wildman–Crippen MR) is 39.7 cm³/mol. The summed E-state index contributed by atoms with van der Waals surface area (Å²) in [6.45, 7) is 0. The van der Waals surface area contributed by atoms with Crippen molar-refractivity contribution in [1.29, 1.82) is 5.26 Å². The highest BCUT2D eigenvalue weighted by Gasteiger charge is 1.96. The van der Waals surface area contributed by atoms with Crippen molar-refractivity contribution in [2.24, 2.45) is 4.99 Å². The Bertz CT molecular complexity index is 278. The number of nitrogens with zero attached hydrogens (tertiary/aromatic N) is 4. The summed E-state index contributed by atoms with van der Waals surface area (Å²) >= 11 is 0. The number of hydrogen-bond acceptors (Lipinski definition) is 3. The van der Waals surface area contributed by atoms with Crippen molar-refractivity contribution in [1.82, 2.24) is 15.1 Å². The molecule has 0 atom stereocenters. The van der Waals surface area contributed by atoms with E-state index in [0.29, 0.717) is 5.96 Å². The van der Waals surface area contributed by atoms with Gasteiger partial charge in [-0.1, -0.05) is 0 Å². The average molecular weight is 149 g/mol. The van der Waals surface area contributed by atoms with Crippen molar-refractivity contribution in [2.75, 3.05) is 7.05 Å². The molecular formula is C6H7N5. The highest BCUT2D eigenvalue weighted by Crippen LogP contribution is 1.82. The van der Waals surface area contributed by atoms with Gasteiger partial charge in [-0.25, -0.2) is 4.68 Å². The van der Waals surface area contributed by atoms with Crippen molar-refractivity contribution >= 4 is 5.96 Å². The molecule has 1 N–H and O–H groups in total. The Morgan fingerprint density at radius 3 is 3.09 bits per heavy atom. The molecule has 0 unspecified atom stereocenters. The topological polar surface area (TPSA) is 66.0 Å². The van der Waals surface area contributed by atoms with E-state index in [0.717, 1.165) is 0 Å². The smallest absolute Gasteiger partial charge is 0.232 e. The molecule has 11 heavy (non-hydrogen) atoms. The Labute approximate surface area is 64.0 Å². The SMILES string of the molecule is C/N=C(/NC#N)n1cccn1. The minimum absolute atomic E-state index is 0.414. The fourth-order valence-corrected chi connectivity index (χ4v) is 0.660. The molecule has 1 aromatic rings. The van der Waals surface area contributed by atoms with E-state index in [1.54, 1.807) is 31.7 Å². The first-order valence-corrected chi connectivity index (χ1v) is 3.00. The third kappa shape index (κ3) is 1.55. The molecule has 5 nitrogen and oxygen atoms in total. The summed E-state index contributed by atoms with van der Waals surface area (Å²) in [5.41, 5.74) is 0. The normalized spacial score (nSPS) is 10.7. The monoisotopic (exact) mass is 149 g/mol. The molecule has 1 heterocycles. The molecule has 5 heteroatoms. The molecule has 0 amide bonds. The lowest BCUT2D eigenvalue weighted by molar-refractivity contribution is 0.891. The molecule has 0 aliphatic rings. The number of aliphatic imine (C=N–C) groups is 1. The highest BCUT2D eigenvalue weighted by atomic mass is 15.4. The van der Waals surface area contributed by atoms with E-state index in [4.69, 9.17) is 5.26 Å². The van der Waals surface area contributed by atoms with Crippen molar-refractivity contribution in [3.05, 3.63) is 18.5 Å². The van der Waals surface area contributed by atoms with E-state index in [2.05, 4.69) is 15.4 Å². The molecule has 1 aromatic heterocycles. The number of rotatable bonds is 0. The Balaban J connectivity index is 2.83. The first kappa shape index (κ1) is 7.28. The maximum Gasteiger partial charge on any atom is 0.232 e. The summed E-state index contributed by atoms with van der Waals surface area (Å²) in [6, 6.07) is 1.75. The zero-order chi connectivity index (χ0) is 8.10. The van der Waals surface area contributed by atoms with Gasteiger partial charge in [0.2, 0.25) is 5.96 Å². The lowest BCUT2D eigenvalue weighted by Gasteiger charge is -1.99. The van der Waals surface area contributed by atoms with Crippen LogP contribution in [0.15, 0.2) is 23.5 Å². The van der Waals surface area contributed by atoms with Gasteiger partial charge in [-0.05, 0) is 6.07 Å². The molecule has 0 saturated carbocycles. The van der Waals surface area contributed by atoms with Gasteiger partial charge in [0.1, 0.15) is 0 Å². The summed E-state index contributed by atoms with van der Waals surface area (Å²) in [5.74, 6) is 0.414. The fourth-order valence-electron chi connectivity index (χ4n) is 0.660. The Kier molecular flexibility index (Phi) is 2.23. The lowest BCUT2D eigenvalue weighted by Crippen LogP contribution is -2.26. The zero-order valence-electron chi connectivity index (χ0n) is 6.02. The quantitative estimate of drug-likeness (QED) is 0.240. The summed E-state index contributed by atoms with van der Waals surface area (Å²) in [5, 5.41) is 14.6. The number of aromatic nitrogens is 2. The molecule has 0 aromatic carbocycles. The van der Waals surface area contributed by atoms with Crippen LogP contribution in [0.4, 0.5) is 0 Å². The first-order valence-electron chi connectivity index (χ1n) is 3.00. The van der Waals surface area contributed by atoms with Crippen LogP contribution in [0.25, 0.3) is 0 Å². The Morgan fingerprint density at radius 2 is 2.64 bits per heavy atom. The molecule has 0 saturated heterocycles. The van der Waals surface area contributed by atoms with E-state index in [-0.39, 0.29) is 0 Å². The third-order valence-corrected chi connectivity index (χ3v) is 1.10. The van der Waals surface area contributed by atoms with Gasteiger partial charge in [0.15, 0.2) is 6.19 Å². The van der Waals surface area contributed by atoms with Crippen LogP contribution in [0.5, 0.6) is 0 Å². The minimum atomic E-state index is 0.414. The number of nitrogens with one attached hydrogen (secondary N) is 1. The van der Waals surface area contributed by atoms with Crippen LogP contribution in [0, 0.1) is 11.5 Å². The summed E-state index contributed by atoms with van der Waals surface area (Å²) in [6.07, 6.45) is 5.08. The van der Waals surface area contributed by atoms with Crippen LogP contribution in [0.3, 0.4) is 0 Å². The molecule has 1 rings (SSSR count). The lowest BCUT2D eigenvalue weighted by atomic mass is 10.7. The fraction of sp³-hybridized carbons (Fsp3) is 0.167. The second-order valence-electron chi connectivity index (χ2n) is 1.73. The maximum atomic E-state index is 8.28. The predicted octanol–water partition coefficient (Wildman–Crippen LogP) is -0.212. The second-order valence-corrected chi connectivity index (χ2v) is 1.73.